The summed E-state index contributed by atoms with van der Waals surface area (Å²) in [5, 5.41) is 14.0. The smallest absolute Gasteiger partial charge is 0.229 e. The van der Waals surface area contributed by atoms with E-state index in [9.17, 15) is 9.90 Å². The van der Waals surface area contributed by atoms with E-state index in [2.05, 4.69) is 5.16 Å². The van der Waals surface area contributed by atoms with Gasteiger partial charge in [-0.15, -0.1) is 0 Å². The van der Waals surface area contributed by atoms with Gasteiger partial charge >= 0.3 is 0 Å². The average molecular weight is 337 g/mol. The SMILES string of the molecule is Cc1noc(Cl)c1CC(=O)N(Cc1ccccc1)CC(C)(C)O. The molecule has 1 N–H and O–H groups in total. The number of halogens is 1. The largest absolute Gasteiger partial charge is 0.389 e. The molecule has 0 aliphatic carbocycles. The Morgan fingerprint density at radius 3 is 2.52 bits per heavy atom. The minimum absolute atomic E-state index is 0.0943. The van der Waals surface area contributed by atoms with E-state index in [4.69, 9.17) is 16.1 Å². The molecule has 23 heavy (non-hydrogen) atoms. The standard InChI is InChI=1S/C17H21ClN2O3/c1-12-14(16(18)23-19-12)9-15(21)20(11-17(2,3)22)10-13-7-5-4-6-8-13/h4-8,22H,9-11H2,1-3H3. The van der Waals surface area contributed by atoms with Gasteiger partial charge in [-0.05, 0) is 37.9 Å². The maximum atomic E-state index is 12.7. The summed E-state index contributed by atoms with van der Waals surface area (Å²) in [7, 11) is 0. The number of amides is 1. The van der Waals surface area contributed by atoms with Crippen molar-refractivity contribution >= 4 is 17.5 Å². The maximum absolute atomic E-state index is 12.7. The second kappa shape index (κ2) is 7.15. The molecule has 0 saturated heterocycles. The Morgan fingerprint density at radius 1 is 1.35 bits per heavy atom. The monoisotopic (exact) mass is 336 g/mol. The summed E-state index contributed by atoms with van der Waals surface area (Å²) < 4.78 is 4.89. The van der Waals surface area contributed by atoms with Gasteiger partial charge < -0.3 is 14.5 Å². The summed E-state index contributed by atoms with van der Waals surface area (Å²) >= 11 is 5.94. The van der Waals surface area contributed by atoms with Crippen molar-refractivity contribution in [1.29, 1.82) is 0 Å². The molecule has 5 nitrogen and oxygen atoms in total. The summed E-state index contributed by atoms with van der Waals surface area (Å²) in [6.07, 6.45) is 0.0943. The zero-order chi connectivity index (χ0) is 17.0. The van der Waals surface area contributed by atoms with E-state index < -0.39 is 5.60 Å². The van der Waals surface area contributed by atoms with E-state index in [-0.39, 0.29) is 24.1 Å². The highest BCUT2D eigenvalue weighted by atomic mass is 35.5. The number of aliphatic hydroxyl groups is 1. The molecule has 1 heterocycles. The van der Waals surface area contributed by atoms with Crippen LogP contribution in [0.5, 0.6) is 0 Å². The zero-order valence-electron chi connectivity index (χ0n) is 13.5. The van der Waals surface area contributed by atoms with Gasteiger partial charge in [-0.1, -0.05) is 35.5 Å². The van der Waals surface area contributed by atoms with Crippen LogP contribution in [0.3, 0.4) is 0 Å². The minimum Gasteiger partial charge on any atom is -0.389 e. The third-order valence-electron chi connectivity index (χ3n) is 3.41. The molecule has 0 unspecified atom stereocenters. The molecule has 2 rings (SSSR count). The van der Waals surface area contributed by atoms with E-state index in [1.165, 1.54) is 0 Å². The number of hydrogen-bond acceptors (Lipinski definition) is 4. The van der Waals surface area contributed by atoms with Crippen LogP contribution in [0.1, 0.15) is 30.7 Å². The number of rotatable bonds is 6. The van der Waals surface area contributed by atoms with Crippen molar-refractivity contribution in [3.05, 3.63) is 52.4 Å². The summed E-state index contributed by atoms with van der Waals surface area (Å²) in [6.45, 7) is 5.75. The number of carbonyl (C=O) groups is 1. The molecular formula is C17H21ClN2O3. The van der Waals surface area contributed by atoms with Crippen LogP contribution in [0.15, 0.2) is 34.9 Å². The summed E-state index contributed by atoms with van der Waals surface area (Å²) in [4.78, 5) is 14.3. The van der Waals surface area contributed by atoms with Gasteiger partial charge in [-0.2, -0.15) is 0 Å². The van der Waals surface area contributed by atoms with Crippen LogP contribution >= 0.6 is 11.6 Å². The first kappa shape index (κ1) is 17.5. The molecule has 1 aromatic carbocycles. The van der Waals surface area contributed by atoms with Gasteiger partial charge in [0.05, 0.1) is 17.7 Å². The second-order valence-corrected chi connectivity index (χ2v) is 6.59. The number of nitrogens with zero attached hydrogens (tertiary/aromatic N) is 2. The number of benzene rings is 1. The van der Waals surface area contributed by atoms with Gasteiger partial charge in [-0.3, -0.25) is 4.79 Å². The van der Waals surface area contributed by atoms with Crippen molar-refractivity contribution in [1.82, 2.24) is 10.1 Å². The first-order chi connectivity index (χ1) is 10.8. The van der Waals surface area contributed by atoms with E-state index in [0.29, 0.717) is 17.8 Å². The molecule has 0 radical (unpaired) electrons. The lowest BCUT2D eigenvalue weighted by Gasteiger charge is -2.29. The highest BCUT2D eigenvalue weighted by molar-refractivity contribution is 6.29. The van der Waals surface area contributed by atoms with Crippen LogP contribution < -0.4 is 0 Å². The molecule has 1 aromatic heterocycles. The molecule has 2 aromatic rings. The van der Waals surface area contributed by atoms with Crippen molar-refractivity contribution in [3.63, 3.8) is 0 Å². The van der Waals surface area contributed by atoms with Crippen LogP contribution in [-0.4, -0.2) is 33.2 Å². The molecule has 0 spiro atoms. The minimum atomic E-state index is -0.988. The first-order valence-electron chi connectivity index (χ1n) is 7.41. The fraction of sp³-hybridized carbons (Fsp3) is 0.412. The Balaban J connectivity index is 2.17. The summed E-state index contributed by atoms with van der Waals surface area (Å²) in [6, 6.07) is 9.66. The van der Waals surface area contributed by atoms with Crippen LogP contribution in [0, 0.1) is 6.92 Å². The fourth-order valence-corrected chi connectivity index (χ4v) is 2.56. The third kappa shape index (κ3) is 5.08. The lowest BCUT2D eigenvalue weighted by Crippen LogP contribution is -2.42. The predicted octanol–water partition coefficient (Wildman–Crippen LogP) is 2.98. The van der Waals surface area contributed by atoms with E-state index in [1.54, 1.807) is 25.7 Å². The van der Waals surface area contributed by atoms with Crippen molar-refractivity contribution in [3.8, 4) is 0 Å². The van der Waals surface area contributed by atoms with Crippen LogP contribution in [0.4, 0.5) is 0 Å². The Kier molecular flexibility index (Phi) is 5.44. The number of hydrogen-bond donors (Lipinski definition) is 1. The van der Waals surface area contributed by atoms with Crippen molar-refractivity contribution in [2.75, 3.05) is 6.54 Å². The van der Waals surface area contributed by atoms with Crippen LogP contribution in [0.25, 0.3) is 0 Å². The van der Waals surface area contributed by atoms with Crippen molar-refractivity contribution in [2.24, 2.45) is 0 Å². The number of aromatic nitrogens is 1. The van der Waals surface area contributed by atoms with Gasteiger partial charge in [0.25, 0.3) is 0 Å². The van der Waals surface area contributed by atoms with Gasteiger partial charge in [0.15, 0.2) is 0 Å². The topological polar surface area (TPSA) is 66.6 Å². The van der Waals surface area contributed by atoms with E-state index in [0.717, 1.165) is 5.56 Å². The molecular weight excluding hydrogens is 316 g/mol. The second-order valence-electron chi connectivity index (χ2n) is 6.24. The summed E-state index contributed by atoms with van der Waals surface area (Å²) in [5.41, 5.74) is 1.20. The quantitative estimate of drug-likeness (QED) is 0.880. The van der Waals surface area contributed by atoms with Gasteiger partial charge in [0.1, 0.15) is 0 Å². The van der Waals surface area contributed by atoms with Gasteiger partial charge in [0.2, 0.25) is 11.1 Å². The molecule has 0 fully saturated rings. The lowest BCUT2D eigenvalue weighted by molar-refractivity contribution is -0.134. The normalized spacial score (nSPS) is 11.5. The Bertz CT molecular complexity index is 643. The number of aryl methyl sites for hydroxylation is 1. The molecule has 0 atom stereocenters. The highest BCUT2D eigenvalue weighted by Gasteiger charge is 2.25. The van der Waals surface area contributed by atoms with Gasteiger partial charge in [0, 0.05) is 18.7 Å². The zero-order valence-corrected chi connectivity index (χ0v) is 14.3. The molecule has 0 aliphatic heterocycles. The maximum Gasteiger partial charge on any atom is 0.229 e. The fourth-order valence-electron chi connectivity index (χ4n) is 2.32. The Hall–Kier alpha value is -1.85. The molecule has 0 bridgehead atoms. The third-order valence-corrected chi connectivity index (χ3v) is 3.71. The average Bonchev–Trinajstić information content (AvgIpc) is 2.78. The molecule has 6 heteroatoms. The first-order valence-corrected chi connectivity index (χ1v) is 7.79. The molecule has 124 valence electrons. The van der Waals surface area contributed by atoms with E-state index >= 15 is 0 Å². The highest BCUT2D eigenvalue weighted by Crippen LogP contribution is 2.21. The lowest BCUT2D eigenvalue weighted by atomic mass is 10.1. The Labute approximate surface area is 140 Å². The van der Waals surface area contributed by atoms with Gasteiger partial charge in [-0.25, -0.2) is 0 Å². The molecule has 0 saturated carbocycles. The van der Waals surface area contributed by atoms with Crippen LogP contribution in [-0.2, 0) is 17.8 Å². The predicted molar refractivity (Wildman–Crippen MR) is 88.1 cm³/mol. The molecule has 1 amide bonds. The molecule has 0 aliphatic rings. The Morgan fingerprint density at radius 2 is 2.00 bits per heavy atom. The van der Waals surface area contributed by atoms with Crippen LogP contribution in [0.2, 0.25) is 5.22 Å². The number of carbonyl (C=O) groups excluding carboxylic acids is 1. The van der Waals surface area contributed by atoms with Crippen molar-refractivity contribution < 1.29 is 14.4 Å². The summed E-state index contributed by atoms with van der Waals surface area (Å²) in [5.74, 6) is -0.135. The van der Waals surface area contributed by atoms with E-state index in [1.807, 2.05) is 30.3 Å². The van der Waals surface area contributed by atoms with Crippen molar-refractivity contribution in [2.45, 2.75) is 39.3 Å².